The van der Waals surface area contributed by atoms with Crippen molar-refractivity contribution in [1.29, 1.82) is 0 Å². The standard InChI is InChI=1S/C11H15BrN4O2/c1-7-10(17)13-4-3-5-16(7)11(18)9-8(12)6-14-15(9)2/h6-7H,3-5H2,1-2H3,(H,13,17)/t7-/m0/s1. The van der Waals surface area contributed by atoms with Crippen LogP contribution in [-0.2, 0) is 11.8 Å². The van der Waals surface area contributed by atoms with Gasteiger partial charge in [0.05, 0.1) is 10.7 Å². The van der Waals surface area contributed by atoms with Crippen molar-refractivity contribution >= 4 is 27.7 Å². The fourth-order valence-electron chi connectivity index (χ4n) is 2.01. The Kier molecular flexibility index (Phi) is 3.70. The summed E-state index contributed by atoms with van der Waals surface area (Å²) in [6.07, 6.45) is 2.34. The molecule has 1 N–H and O–H groups in total. The highest BCUT2D eigenvalue weighted by Gasteiger charge is 2.30. The van der Waals surface area contributed by atoms with Crippen LogP contribution in [0.5, 0.6) is 0 Å². The fraction of sp³-hybridized carbons (Fsp3) is 0.545. The van der Waals surface area contributed by atoms with Crippen molar-refractivity contribution in [2.45, 2.75) is 19.4 Å². The molecule has 1 aromatic rings. The molecule has 1 fully saturated rings. The third kappa shape index (κ3) is 2.27. The van der Waals surface area contributed by atoms with Gasteiger partial charge < -0.3 is 10.2 Å². The smallest absolute Gasteiger partial charge is 0.273 e. The van der Waals surface area contributed by atoms with Crippen LogP contribution in [0.25, 0.3) is 0 Å². The highest BCUT2D eigenvalue weighted by atomic mass is 79.9. The first-order valence-electron chi connectivity index (χ1n) is 5.78. The summed E-state index contributed by atoms with van der Waals surface area (Å²) in [4.78, 5) is 25.8. The molecule has 7 heteroatoms. The molecule has 2 amide bonds. The van der Waals surface area contributed by atoms with Gasteiger partial charge in [0, 0.05) is 20.1 Å². The van der Waals surface area contributed by atoms with Crippen LogP contribution < -0.4 is 5.32 Å². The molecule has 0 spiro atoms. The van der Waals surface area contributed by atoms with Gasteiger partial charge in [-0.15, -0.1) is 0 Å². The minimum atomic E-state index is -0.457. The van der Waals surface area contributed by atoms with E-state index in [2.05, 4.69) is 26.3 Å². The van der Waals surface area contributed by atoms with Crippen LogP contribution >= 0.6 is 15.9 Å². The Morgan fingerprint density at radius 3 is 2.94 bits per heavy atom. The number of aromatic nitrogens is 2. The summed E-state index contributed by atoms with van der Waals surface area (Å²) in [7, 11) is 1.71. The fourth-order valence-corrected chi connectivity index (χ4v) is 2.53. The summed E-state index contributed by atoms with van der Waals surface area (Å²) in [5.41, 5.74) is 0.469. The van der Waals surface area contributed by atoms with Crippen LogP contribution in [0.2, 0.25) is 0 Å². The topological polar surface area (TPSA) is 67.2 Å². The maximum absolute atomic E-state index is 12.5. The summed E-state index contributed by atoms with van der Waals surface area (Å²) >= 11 is 3.31. The maximum atomic E-state index is 12.5. The lowest BCUT2D eigenvalue weighted by molar-refractivity contribution is -0.124. The van der Waals surface area contributed by atoms with Gasteiger partial charge in [0.15, 0.2) is 0 Å². The zero-order chi connectivity index (χ0) is 13.3. The largest absolute Gasteiger partial charge is 0.354 e. The molecule has 98 valence electrons. The Labute approximate surface area is 113 Å². The number of hydrogen-bond acceptors (Lipinski definition) is 3. The Morgan fingerprint density at radius 2 is 2.33 bits per heavy atom. The first kappa shape index (κ1) is 13.1. The molecular formula is C11H15BrN4O2. The van der Waals surface area contributed by atoms with Crippen LogP contribution in [0, 0.1) is 0 Å². The van der Waals surface area contributed by atoms with Gasteiger partial charge in [-0.3, -0.25) is 14.3 Å². The van der Waals surface area contributed by atoms with Crippen molar-refractivity contribution in [2.75, 3.05) is 13.1 Å². The maximum Gasteiger partial charge on any atom is 0.273 e. The second kappa shape index (κ2) is 5.09. The number of halogens is 1. The molecule has 6 nitrogen and oxygen atoms in total. The number of aryl methyl sites for hydroxylation is 1. The molecule has 1 atom stereocenters. The van der Waals surface area contributed by atoms with Crippen LogP contribution in [-0.4, -0.2) is 45.6 Å². The molecule has 1 aromatic heterocycles. The van der Waals surface area contributed by atoms with E-state index in [-0.39, 0.29) is 11.8 Å². The van der Waals surface area contributed by atoms with Crippen molar-refractivity contribution in [3.8, 4) is 0 Å². The molecule has 0 bridgehead atoms. The molecule has 0 aliphatic carbocycles. The van der Waals surface area contributed by atoms with Crippen molar-refractivity contribution < 1.29 is 9.59 Å². The van der Waals surface area contributed by atoms with E-state index >= 15 is 0 Å². The van der Waals surface area contributed by atoms with E-state index in [0.717, 1.165) is 6.42 Å². The monoisotopic (exact) mass is 314 g/mol. The quantitative estimate of drug-likeness (QED) is 0.822. The van der Waals surface area contributed by atoms with Crippen LogP contribution in [0.15, 0.2) is 10.7 Å². The van der Waals surface area contributed by atoms with E-state index in [9.17, 15) is 9.59 Å². The van der Waals surface area contributed by atoms with E-state index in [1.807, 2.05) is 0 Å². The normalized spacial score (nSPS) is 20.5. The van der Waals surface area contributed by atoms with E-state index in [1.165, 1.54) is 4.68 Å². The SMILES string of the molecule is C[C@H]1C(=O)NCCCN1C(=O)c1c(Br)cnn1C. The molecule has 0 radical (unpaired) electrons. The molecular weight excluding hydrogens is 300 g/mol. The lowest BCUT2D eigenvalue weighted by Gasteiger charge is -2.25. The molecule has 0 saturated carbocycles. The zero-order valence-corrected chi connectivity index (χ0v) is 11.9. The van der Waals surface area contributed by atoms with E-state index < -0.39 is 6.04 Å². The number of amides is 2. The molecule has 18 heavy (non-hydrogen) atoms. The molecule has 1 aliphatic heterocycles. The Morgan fingerprint density at radius 1 is 1.61 bits per heavy atom. The number of carbonyl (C=O) groups excluding carboxylic acids is 2. The second-order valence-electron chi connectivity index (χ2n) is 4.28. The minimum absolute atomic E-state index is 0.112. The second-order valence-corrected chi connectivity index (χ2v) is 5.14. The molecule has 1 aliphatic rings. The zero-order valence-electron chi connectivity index (χ0n) is 10.3. The third-order valence-corrected chi connectivity index (χ3v) is 3.66. The Balaban J connectivity index is 2.30. The van der Waals surface area contributed by atoms with Crippen LogP contribution in [0.4, 0.5) is 0 Å². The van der Waals surface area contributed by atoms with Gasteiger partial charge in [0.25, 0.3) is 5.91 Å². The van der Waals surface area contributed by atoms with Crippen molar-refractivity contribution in [3.05, 3.63) is 16.4 Å². The summed E-state index contributed by atoms with van der Waals surface area (Å²) < 4.78 is 2.16. The van der Waals surface area contributed by atoms with E-state index in [1.54, 1.807) is 25.1 Å². The number of rotatable bonds is 1. The molecule has 2 rings (SSSR count). The lowest BCUT2D eigenvalue weighted by Crippen LogP contribution is -2.45. The third-order valence-electron chi connectivity index (χ3n) is 3.08. The summed E-state index contributed by atoms with van der Waals surface area (Å²) in [5.74, 6) is -0.287. The van der Waals surface area contributed by atoms with Crippen molar-refractivity contribution in [2.24, 2.45) is 7.05 Å². The predicted octanol–water partition coefficient (Wildman–Crippen LogP) is 0.533. The Bertz CT molecular complexity index is 466. The van der Waals surface area contributed by atoms with Gasteiger partial charge in [-0.2, -0.15) is 5.10 Å². The molecule has 0 unspecified atom stereocenters. The number of hydrogen-bond donors (Lipinski definition) is 1. The van der Waals surface area contributed by atoms with Crippen molar-refractivity contribution in [1.82, 2.24) is 20.0 Å². The average molecular weight is 315 g/mol. The number of carbonyl (C=O) groups is 2. The van der Waals surface area contributed by atoms with Gasteiger partial charge in [-0.25, -0.2) is 0 Å². The van der Waals surface area contributed by atoms with E-state index in [4.69, 9.17) is 0 Å². The number of nitrogens with one attached hydrogen (secondary N) is 1. The van der Waals surface area contributed by atoms with E-state index in [0.29, 0.717) is 23.3 Å². The first-order chi connectivity index (χ1) is 8.52. The number of nitrogens with zero attached hydrogens (tertiary/aromatic N) is 3. The summed E-state index contributed by atoms with van der Waals surface area (Å²) in [5, 5.41) is 6.81. The highest BCUT2D eigenvalue weighted by Crippen LogP contribution is 2.19. The van der Waals surface area contributed by atoms with Crippen molar-refractivity contribution in [3.63, 3.8) is 0 Å². The average Bonchev–Trinajstić information content (AvgIpc) is 2.57. The van der Waals surface area contributed by atoms with Gasteiger partial charge in [-0.1, -0.05) is 0 Å². The predicted molar refractivity (Wildman–Crippen MR) is 69.0 cm³/mol. The van der Waals surface area contributed by atoms with Gasteiger partial charge in [0.1, 0.15) is 11.7 Å². The van der Waals surface area contributed by atoms with Crippen LogP contribution in [0.1, 0.15) is 23.8 Å². The highest BCUT2D eigenvalue weighted by molar-refractivity contribution is 9.10. The first-order valence-corrected chi connectivity index (χ1v) is 6.58. The summed E-state index contributed by atoms with van der Waals surface area (Å²) in [6, 6.07) is -0.457. The Hall–Kier alpha value is -1.37. The molecule has 2 heterocycles. The minimum Gasteiger partial charge on any atom is -0.354 e. The molecule has 0 aromatic carbocycles. The lowest BCUT2D eigenvalue weighted by atomic mass is 10.2. The summed E-state index contributed by atoms with van der Waals surface area (Å²) in [6.45, 7) is 2.92. The van der Waals surface area contributed by atoms with Gasteiger partial charge in [0.2, 0.25) is 5.91 Å². The van der Waals surface area contributed by atoms with Gasteiger partial charge in [-0.05, 0) is 29.3 Å². The van der Waals surface area contributed by atoms with Crippen LogP contribution in [0.3, 0.4) is 0 Å². The molecule has 1 saturated heterocycles. The van der Waals surface area contributed by atoms with Gasteiger partial charge >= 0.3 is 0 Å².